The van der Waals surface area contributed by atoms with Crippen LogP contribution in [0.5, 0.6) is 5.75 Å². The molecule has 0 aliphatic heterocycles. The number of amides is 1. The number of nitrogens with one attached hydrogen (secondary N) is 1. The Labute approximate surface area is 172 Å². The molecule has 0 aliphatic carbocycles. The molecule has 2 aromatic heterocycles. The van der Waals surface area contributed by atoms with Crippen molar-refractivity contribution < 1.29 is 9.53 Å². The Morgan fingerprint density at radius 1 is 1.10 bits per heavy atom. The fourth-order valence-electron chi connectivity index (χ4n) is 2.76. The number of carbonyl (C=O) groups excluding carboxylic acids is 1. The van der Waals surface area contributed by atoms with Crippen LogP contribution in [0.2, 0.25) is 0 Å². The van der Waals surface area contributed by atoms with Crippen LogP contribution in [0.15, 0.2) is 65.8 Å². The number of nitrogens with zero attached hydrogens (tertiary/aromatic N) is 4. The number of hydrogen-bond donors (Lipinski definition) is 1. The summed E-state index contributed by atoms with van der Waals surface area (Å²) in [5.74, 6) is 0.856. The zero-order valence-electron chi connectivity index (χ0n) is 16.0. The van der Waals surface area contributed by atoms with E-state index < -0.39 is 0 Å². The van der Waals surface area contributed by atoms with Crippen LogP contribution in [0.25, 0.3) is 16.9 Å². The first kappa shape index (κ1) is 18.9. The Morgan fingerprint density at radius 2 is 1.93 bits per heavy atom. The third kappa shape index (κ3) is 4.38. The van der Waals surface area contributed by atoms with E-state index >= 15 is 0 Å². The molecule has 0 saturated carbocycles. The first-order valence-electron chi connectivity index (χ1n) is 8.98. The van der Waals surface area contributed by atoms with Gasteiger partial charge in [-0.25, -0.2) is 0 Å². The Hall–Kier alpha value is -3.39. The van der Waals surface area contributed by atoms with Crippen LogP contribution in [-0.2, 0) is 4.79 Å². The van der Waals surface area contributed by atoms with Crippen molar-refractivity contribution in [1.29, 1.82) is 0 Å². The molecular weight excluding hydrogens is 386 g/mol. The lowest BCUT2D eigenvalue weighted by molar-refractivity contribution is -0.113. The largest absolute Gasteiger partial charge is 0.497 e. The Kier molecular flexibility index (Phi) is 5.44. The number of ether oxygens (including phenoxy) is 1. The normalized spacial score (nSPS) is 10.8. The number of anilines is 1. The zero-order valence-corrected chi connectivity index (χ0v) is 16.8. The predicted molar refractivity (Wildman–Crippen MR) is 113 cm³/mol. The zero-order chi connectivity index (χ0) is 20.2. The van der Waals surface area contributed by atoms with Gasteiger partial charge in [0.15, 0.2) is 5.65 Å². The molecule has 4 aromatic rings. The van der Waals surface area contributed by atoms with Crippen molar-refractivity contribution in [3.05, 3.63) is 66.2 Å². The predicted octanol–water partition coefficient (Wildman–Crippen LogP) is 3.84. The maximum atomic E-state index is 12.3. The quantitative estimate of drug-likeness (QED) is 0.491. The molecule has 7 nitrogen and oxygen atoms in total. The highest BCUT2D eigenvalue weighted by Crippen LogP contribution is 2.24. The minimum absolute atomic E-state index is 0.112. The van der Waals surface area contributed by atoms with Gasteiger partial charge in [0.2, 0.25) is 11.1 Å². The summed E-state index contributed by atoms with van der Waals surface area (Å²) >= 11 is 1.29. The van der Waals surface area contributed by atoms with Crippen LogP contribution in [0.1, 0.15) is 5.56 Å². The molecule has 1 N–H and O–H groups in total. The average Bonchev–Trinajstić information content (AvgIpc) is 3.16. The number of rotatable bonds is 6. The van der Waals surface area contributed by atoms with Crippen molar-refractivity contribution in [1.82, 2.24) is 19.8 Å². The molecule has 0 fully saturated rings. The van der Waals surface area contributed by atoms with Crippen LogP contribution in [-0.4, -0.2) is 38.6 Å². The number of thioether (sulfide) groups is 1. The van der Waals surface area contributed by atoms with E-state index in [4.69, 9.17) is 4.74 Å². The topological polar surface area (TPSA) is 81.4 Å². The maximum Gasteiger partial charge on any atom is 0.234 e. The molecular formula is C21H19N5O2S. The van der Waals surface area contributed by atoms with Crippen molar-refractivity contribution in [3.63, 3.8) is 0 Å². The van der Waals surface area contributed by atoms with Crippen molar-refractivity contribution in [2.24, 2.45) is 0 Å². The fraction of sp³-hybridized carbons (Fsp3) is 0.143. The van der Waals surface area contributed by atoms with Crippen LogP contribution in [0.4, 0.5) is 5.69 Å². The van der Waals surface area contributed by atoms with Gasteiger partial charge in [-0.3, -0.25) is 4.79 Å². The standard InChI is InChI=1S/C21H19N5O2S/c1-14-6-8-16(9-7-14)22-20(27)13-29-21-24-23-19-11-10-18(25-26(19)21)15-4-3-5-17(12-15)28-2/h3-12H,13H2,1-2H3,(H,22,27). The molecule has 1 amide bonds. The molecule has 2 aromatic carbocycles. The molecule has 0 bridgehead atoms. The molecule has 8 heteroatoms. The highest BCUT2D eigenvalue weighted by Gasteiger charge is 2.12. The van der Waals surface area contributed by atoms with E-state index in [1.54, 1.807) is 11.6 Å². The van der Waals surface area contributed by atoms with Gasteiger partial charge in [-0.15, -0.1) is 10.2 Å². The van der Waals surface area contributed by atoms with Crippen LogP contribution in [0, 0.1) is 6.92 Å². The molecule has 0 saturated heterocycles. The van der Waals surface area contributed by atoms with E-state index in [9.17, 15) is 4.79 Å². The van der Waals surface area contributed by atoms with Crippen LogP contribution >= 0.6 is 11.8 Å². The number of aromatic nitrogens is 4. The summed E-state index contributed by atoms with van der Waals surface area (Å²) < 4.78 is 6.94. The van der Waals surface area contributed by atoms with Gasteiger partial charge in [-0.2, -0.15) is 9.61 Å². The van der Waals surface area contributed by atoms with Gasteiger partial charge >= 0.3 is 0 Å². The summed E-state index contributed by atoms with van der Waals surface area (Å²) in [4.78, 5) is 12.3. The van der Waals surface area contributed by atoms with E-state index in [0.29, 0.717) is 10.8 Å². The second kappa shape index (κ2) is 8.32. The lowest BCUT2D eigenvalue weighted by Crippen LogP contribution is -2.14. The van der Waals surface area contributed by atoms with Gasteiger partial charge in [0.1, 0.15) is 5.75 Å². The van der Waals surface area contributed by atoms with E-state index in [0.717, 1.165) is 28.3 Å². The highest BCUT2D eigenvalue weighted by atomic mass is 32.2. The third-order valence-corrected chi connectivity index (χ3v) is 5.19. The van der Waals surface area contributed by atoms with Gasteiger partial charge in [0, 0.05) is 11.3 Å². The third-order valence-electron chi connectivity index (χ3n) is 4.27. The number of aryl methyl sites for hydroxylation is 1. The number of fused-ring (bicyclic) bond motifs is 1. The van der Waals surface area contributed by atoms with Gasteiger partial charge in [-0.1, -0.05) is 41.6 Å². The second-order valence-electron chi connectivity index (χ2n) is 6.41. The first-order valence-corrected chi connectivity index (χ1v) is 9.97. The summed E-state index contributed by atoms with van der Waals surface area (Å²) in [5.41, 5.74) is 4.23. The Morgan fingerprint density at radius 3 is 2.72 bits per heavy atom. The van der Waals surface area contributed by atoms with Gasteiger partial charge in [0.25, 0.3) is 0 Å². The lowest BCUT2D eigenvalue weighted by Gasteiger charge is -2.06. The summed E-state index contributed by atoms with van der Waals surface area (Å²) in [6.07, 6.45) is 0. The molecule has 0 spiro atoms. The highest BCUT2D eigenvalue weighted by molar-refractivity contribution is 7.99. The molecule has 0 atom stereocenters. The minimum Gasteiger partial charge on any atom is -0.497 e. The molecule has 146 valence electrons. The Balaban J connectivity index is 1.50. The van der Waals surface area contributed by atoms with Crippen molar-refractivity contribution in [3.8, 4) is 17.0 Å². The average molecular weight is 405 g/mol. The molecule has 2 heterocycles. The van der Waals surface area contributed by atoms with Crippen LogP contribution in [0.3, 0.4) is 0 Å². The first-order chi connectivity index (χ1) is 14.1. The molecule has 0 aliphatic rings. The van der Waals surface area contributed by atoms with Crippen molar-refractivity contribution >= 4 is 29.0 Å². The molecule has 4 rings (SSSR count). The summed E-state index contributed by atoms with van der Waals surface area (Å²) in [5, 5.41) is 16.4. The molecule has 29 heavy (non-hydrogen) atoms. The van der Waals surface area contributed by atoms with Gasteiger partial charge in [-0.05, 0) is 43.3 Å². The Bertz CT molecular complexity index is 1160. The second-order valence-corrected chi connectivity index (χ2v) is 7.35. The van der Waals surface area contributed by atoms with Gasteiger partial charge in [0.05, 0.1) is 18.6 Å². The number of hydrogen-bond acceptors (Lipinski definition) is 6. The van der Waals surface area contributed by atoms with E-state index in [-0.39, 0.29) is 11.7 Å². The summed E-state index contributed by atoms with van der Waals surface area (Å²) in [7, 11) is 1.63. The number of benzene rings is 2. The maximum absolute atomic E-state index is 12.3. The van der Waals surface area contributed by atoms with Gasteiger partial charge < -0.3 is 10.1 Å². The van der Waals surface area contributed by atoms with Crippen LogP contribution < -0.4 is 10.1 Å². The smallest absolute Gasteiger partial charge is 0.234 e. The number of methoxy groups -OCH3 is 1. The summed E-state index contributed by atoms with van der Waals surface area (Å²) in [6, 6.07) is 19.1. The lowest BCUT2D eigenvalue weighted by atomic mass is 10.1. The van der Waals surface area contributed by atoms with Crippen molar-refractivity contribution in [2.45, 2.75) is 12.1 Å². The van der Waals surface area contributed by atoms with Crippen molar-refractivity contribution in [2.75, 3.05) is 18.2 Å². The van der Waals surface area contributed by atoms with E-state index in [1.165, 1.54) is 11.8 Å². The monoisotopic (exact) mass is 405 g/mol. The van der Waals surface area contributed by atoms with E-state index in [2.05, 4.69) is 20.6 Å². The minimum atomic E-state index is -0.112. The SMILES string of the molecule is COc1cccc(-c2ccc3nnc(SCC(=O)Nc4ccc(C)cc4)n3n2)c1. The molecule has 0 radical (unpaired) electrons. The summed E-state index contributed by atoms with van der Waals surface area (Å²) in [6.45, 7) is 2.00. The van der Waals surface area contributed by atoms with E-state index in [1.807, 2.05) is 67.6 Å². The molecule has 0 unspecified atom stereocenters. The number of carbonyl (C=O) groups is 1. The fourth-order valence-corrected chi connectivity index (χ4v) is 3.45.